The van der Waals surface area contributed by atoms with E-state index >= 15 is 0 Å². The Morgan fingerprint density at radius 2 is 1.06 bits per heavy atom. The molecule has 11 rings (SSSR count). The molecular weight excluding hydrogens is 661 g/mol. The molecule has 0 saturated carbocycles. The molecule has 53 heavy (non-hydrogen) atoms. The Hall–Kier alpha value is -6.68. The summed E-state index contributed by atoms with van der Waals surface area (Å²) in [5.74, 6) is 0. The minimum atomic E-state index is 1.11. The monoisotopic (exact) mass is 692 g/mol. The molecule has 0 radical (unpaired) electrons. The molecule has 0 unspecified atom stereocenters. The van der Waals surface area contributed by atoms with Gasteiger partial charge in [-0.05, 0) is 76.3 Å². The summed E-state index contributed by atoms with van der Waals surface area (Å²) < 4.78 is 5.06. The highest BCUT2D eigenvalue weighted by Crippen LogP contribution is 2.45. The molecule has 248 valence electrons. The molecule has 0 fully saturated rings. The van der Waals surface area contributed by atoms with Gasteiger partial charge < -0.3 is 9.47 Å². The van der Waals surface area contributed by atoms with Crippen LogP contribution in [0.15, 0.2) is 194 Å². The second-order valence-electron chi connectivity index (χ2n) is 13.7. The average Bonchev–Trinajstić information content (AvgIpc) is 3.77. The van der Waals surface area contributed by atoms with Crippen LogP contribution in [-0.4, -0.2) is 4.57 Å². The quantitative estimate of drug-likeness (QED) is 0.174. The number of rotatable bonds is 5. The third-order valence-electron chi connectivity index (χ3n) is 10.7. The topological polar surface area (TPSA) is 8.17 Å². The number of benzene rings is 9. The van der Waals surface area contributed by atoms with E-state index in [0.717, 1.165) is 22.7 Å². The SMILES string of the molecule is c1ccc(-c2ccccc2N(c2ccc3c(c2)sc2ccccc23)c2ccc3ccc4c5ccccc5n(-c5ccc6ccccc6c5)c4c3c2)cc1. The zero-order valence-electron chi connectivity index (χ0n) is 28.8. The van der Waals surface area contributed by atoms with E-state index in [1.165, 1.54) is 74.6 Å². The molecule has 0 N–H and O–H groups in total. The van der Waals surface area contributed by atoms with Crippen molar-refractivity contribution in [2.24, 2.45) is 0 Å². The van der Waals surface area contributed by atoms with Gasteiger partial charge in [0.2, 0.25) is 0 Å². The molecule has 9 aromatic carbocycles. The van der Waals surface area contributed by atoms with Gasteiger partial charge in [-0.25, -0.2) is 0 Å². The van der Waals surface area contributed by atoms with Crippen molar-refractivity contribution < 1.29 is 0 Å². The minimum absolute atomic E-state index is 1.11. The molecular formula is C50H32N2S. The Balaban J connectivity index is 1.20. The highest BCUT2D eigenvalue weighted by atomic mass is 32.1. The van der Waals surface area contributed by atoms with Crippen molar-refractivity contribution in [1.29, 1.82) is 0 Å². The van der Waals surface area contributed by atoms with Crippen molar-refractivity contribution >= 4 is 91.9 Å². The molecule has 11 aromatic rings. The molecule has 2 aromatic heterocycles. The molecule has 0 aliphatic heterocycles. The van der Waals surface area contributed by atoms with Crippen molar-refractivity contribution in [3.8, 4) is 16.8 Å². The largest absolute Gasteiger partial charge is 0.310 e. The maximum atomic E-state index is 2.47. The van der Waals surface area contributed by atoms with Crippen LogP contribution in [0.4, 0.5) is 17.1 Å². The lowest BCUT2D eigenvalue weighted by atomic mass is 10.0. The highest BCUT2D eigenvalue weighted by Gasteiger charge is 2.21. The average molecular weight is 693 g/mol. The zero-order valence-corrected chi connectivity index (χ0v) is 29.6. The zero-order chi connectivity index (χ0) is 34.9. The predicted octanol–water partition coefficient (Wildman–Crippen LogP) is 14.6. The molecule has 0 amide bonds. The summed E-state index contributed by atoms with van der Waals surface area (Å²) in [6, 6.07) is 71.1. The van der Waals surface area contributed by atoms with Gasteiger partial charge in [0, 0.05) is 59.0 Å². The van der Waals surface area contributed by atoms with Gasteiger partial charge in [0.05, 0.1) is 16.7 Å². The number of nitrogens with zero attached hydrogens (tertiary/aromatic N) is 2. The first-order valence-electron chi connectivity index (χ1n) is 18.1. The Bertz CT molecular complexity index is 3190. The fraction of sp³-hybridized carbons (Fsp3) is 0. The van der Waals surface area contributed by atoms with Crippen molar-refractivity contribution in [2.75, 3.05) is 4.90 Å². The number of hydrogen-bond acceptors (Lipinski definition) is 2. The van der Waals surface area contributed by atoms with Crippen molar-refractivity contribution in [2.45, 2.75) is 0 Å². The number of hydrogen-bond donors (Lipinski definition) is 0. The molecule has 2 nitrogen and oxygen atoms in total. The maximum absolute atomic E-state index is 2.47. The smallest absolute Gasteiger partial charge is 0.0620 e. The summed E-state index contributed by atoms with van der Waals surface area (Å²) in [6.45, 7) is 0. The standard InChI is InChI=1S/C50H32N2S/c1-2-13-34(14-3-1)40-16-6-9-19-46(40)51(39-27-29-43-42-18-8-11-21-48(42)53-49(43)32-39)38-26-23-35-24-28-44-41-17-7-10-20-47(41)52(50(44)45(35)31-38)37-25-22-33-12-4-5-15-36(33)30-37/h1-32H. The summed E-state index contributed by atoms with van der Waals surface area (Å²) in [7, 11) is 0. The van der Waals surface area contributed by atoms with Gasteiger partial charge in [-0.3, -0.25) is 0 Å². The lowest BCUT2D eigenvalue weighted by Gasteiger charge is -2.28. The molecule has 0 aliphatic carbocycles. The number of aromatic nitrogens is 1. The number of anilines is 3. The van der Waals surface area contributed by atoms with E-state index in [1.807, 2.05) is 11.3 Å². The lowest BCUT2D eigenvalue weighted by Crippen LogP contribution is -2.11. The Morgan fingerprint density at radius 3 is 1.98 bits per heavy atom. The Kier molecular flexibility index (Phi) is 6.76. The predicted molar refractivity (Wildman–Crippen MR) is 229 cm³/mol. The second kappa shape index (κ2) is 11.9. The Labute approximate surface area is 311 Å². The van der Waals surface area contributed by atoms with E-state index in [9.17, 15) is 0 Å². The summed E-state index contributed by atoms with van der Waals surface area (Å²) in [5.41, 5.74) is 9.35. The van der Waals surface area contributed by atoms with E-state index in [1.54, 1.807) is 0 Å². The second-order valence-corrected chi connectivity index (χ2v) is 14.8. The van der Waals surface area contributed by atoms with Crippen LogP contribution in [0.1, 0.15) is 0 Å². The van der Waals surface area contributed by atoms with Crippen molar-refractivity contribution in [3.63, 3.8) is 0 Å². The van der Waals surface area contributed by atoms with E-state index in [0.29, 0.717) is 0 Å². The van der Waals surface area contributed by atoms with E-state index < -0.39 is 0 Å². The lowest BCUT2D eigenvalue weighted by molar-refractivity contribution is 1.19. The summed E-state index contributed by atoms with van der Waals surface area (Å²) in [5, 5.41) is 10.0. The minimum Gasteiger partial charge on any atom is -0.310 e. The highest BCUT2D eigenvalue weighted by molar-refractivity contribution is 7.25. The van der Waals surface area contributed by atoms with Gasteiger partial charge in [0.1, 0.15) is 0 Å². The summed E-state index contributed by atoms with van der Waals surface area (Å²) in [4.78, 5) is 2.45. The van der Waals surface area contributed by atoms with Gasteiger partial charge in [0.25, 0.3) is 0 Å². The normalized spacial score (nSPS) is 11.8. The Morgan fingerprint density at radius 1 is 0.396 bits per heavy atom. The van der Waals surface area contributed by atoms with Gasteiger partial charge in [0.15, 0.2) is 0 Å². The van der Waals surface area contributed by atoms with Crippen LogP contribution >= 0.6 is 11.3 Å². The third-order valence-corrected chi connectivity index (χ3v) is 11.9. The van der Waals surface area contributed by atoms with Crippen molar-refractivity contribution in [1.82, 2.24) is 4.57 Å². The molecule has 0 aliphatic rings. The fourth-order valence-electron chi connectivity index (χ4n) is 8.30. The van der Waals surface area contributed by atoms with Gasteiger partial charge in [-0.15, -0.1) is 11.3 Å². The van der Waals surface area contributed by atoms with Gasteiger partial charge >= 0.3 is 0 Å². The number of fused-ring (bicyclic) bond motifs is 9. The van der Waals surface area contributed by atoms with Crippen LogP contribution in [0.5, 0.6) is 0 Å². The van der Waals surface area contributed by atoms with E-state index in [4.69, 9.17) is 0 Å². The number of para-hydroxylation sites is 2. The van der Waals surface area contributed by atoms with E-state index in [2.05, 4.69) is 204 Å². The van der Waals surface area contributed by atoms with Crippen LogP contribution in [-0.2, 0) is 0 Å². The first kappa shape index (κ1) is 30.0. The molecule has 0 atom stereocenters. The fourth-order valence-corrected chi connectivity index (χ4v) is 9.44. The summed E-state index contributed by atoms with van der Waals surface area (Å²) >= 11 is 1.86. The number of thiophene rings is 1. The van der Waals surface area contributed by atoms with Crippen LogP contribution in [0, 0.1) is 0 Å². The van der Waals surface area contributed by atoms with Crippen LogP contribution < -0.4 is 4.90 Å². The van der Waals surface area contributed by atoms with Gasteiger partial charge in [-0.2, -0.15) is 0 Å². The van der Waals surface area contributed by atoms with Crippen LogP contribution in [0.25, 0.3) is 80.3 Å². The van der Waals surface area contributed by atoms with Crippen LogP contribution in [0.2, 0.25) is 0 Å². The van der Waals surface area contributed by atoms with Crippen molar-refractivity contribution in [3.05, 3.63) is 194 Å². The first-order chi connectivity index (χ1) is 26.3. The molecule has 0 saturated heterocycles. The van der Waals surface area contributed by atoms with Gasteiger partial charge in [-0.1, -0.05) is 140 Å². The molecule has 0 bridgehead atoms. The summed E-state index contributed by atoms with van der Waals surface area (Å²) in [6.07, 6.45) is 0. The molecule has 0 spiro atoms. The van der Waals surface area contributed by atoms with Crippen LogP contribution in [0.3, 0.4) is 0 Å². The van der Waals surface area contributed by atoms with E-state index in [-0.39, 0.29) is 0 Å². The molecule has 2 heterocycles. The third kappa shape index (κ3) is 4.78. The first-order valence-corrected chi connectivity index (χ1v) is 18.9. The maximum Gasteiger partial charge on any atom is 0.0620 e. The molecule has 3 heteroatoms.